The van der Waals surface area contributed by atoms with Crippen LogP contribution in [0.3, 0.4) is 0 Å². The van der Waals surface area contributed by atoms with E-state index in [1.165, 1.54) is 0 Å². The molecule has 2 heteroatoms. The lowest BCUT2D eigenvalue weighted by Crippen LogP contribution is -2.30. The van der Waals surface area contributed by atoms with Crippen LogP contribution in [0.25, 0.3) is 0 Å². The fraction of sp³-hybridized carbons (Fsp3) is 0.818. The van der Waals surface area contributed by atoms with Gasteiger partial charge in [-0.3, -0.25) is 0 Å². The van der Waals surface area contributed by atoms with Gasteiger partial charge in [-0.1, -0.05) is 26.7 Å². The van der Waals surface area contributed by atoms with E-state index in [-0.39, 0.29) is 5.41 Å². The summed E-state index contributed by atoms with van der Waals surface area (Å²) in [6.45, 7) is 5.29. The van der Waals surface area contributed by atoms with Crippen molar-refractivity contribution in [3.8, 4) is 0 Å². The van der Waals surface area contributed by atoms with Crippen molar-refractivity contribution in [2.24, 2.45) is 5.41 Å². The maximum Gasteiger partial charge on any atom is 0.115 e. The molecule has 0 aliphatic heterocycles. The topological polar surface area (TPSA) is 18.5 Å². The van der Waals surface area contributed by atoms with Gasteiger partial charge in [0.2, 0.25) is 0 Å². The second-order valence-corrected chi connectivity index (χ2v) is 3.58. The largest absolute Gasteiger partial charge is 0.372 e. The summed E-state index contributed by atoms with van der Waals surface area (Å²) in [6, 6.07) is 0. The highest BCUT2D eigenvalue weighted by molar-refractivity contribution is 4.77. The molecule has 0 aliphatic rings. The maximum absolute atomic E-state index is 5.10. The molecule has 2 nitrogen and oxygen atoms in total. The van der Waals surface area contributed by atoms with Gasteiger partial charge in [0, 0.05) is 5.41 Å². The Kier molecular flexibility index (Phi) is 7.29. The van der Waals surface area contributed by atoms with Crippen molar-refractivity contribution < 1.29 is 9.47 Å². The summed E-state index contributed by atoms with van der Waals surface area (Å²) in [7, 11) is 10.2. The van der Waals surface area contributed by atoms with E-state index in [9.17, 15) is 0 Å². The Balaban J connectivity index is 4.07. The summed E-state index contributed by atoms with van der Waals surface area (Å²) < 4.78 is 9.42. The van der Waals surface area contributed by atoms with Crippen LogP contribution in [0, 0.1) is 19.6 Å². The molecule has 0 atom stereocenters. The van der Waals surface area contributed by atoms with E-state index in [1.54, 1.807) is 0 Å². The third-order valence-electron chi connectivity index (χ3n) is 2.59. The zero-order chi connectivity index (χ0) is 10.2. The Hall–Kier alpha value is -0.0800. The number of unbranched alkanes of at least 4 members (excludes halogenated alkanes) is 1. The number of ether oxygens (including phenoxy) is 2. The lowest BCUT2D eigenvalue weighted by atomic mass is 9.82. The minimum Gasteiger partial charge on any atom is -0.372 e. The van der Waals surface area contributed by atoms with Gasteiger partial charge >= 0.3 is 0 Å². The minimum atomic E-state index is -0.000486. The van der Waals surface area contributed by atoms with Crippen molar-refractivity contribution >= 4 is 0 Å². The molecule has 0 unspecified atom stereocenters. The second kappa shape index (κ2) is 7.34. The van der Waals surface area contributed by atoms with Crippen molar-refractivity contribution in [3.05, 3.63) is 14.2 Å². The van der Waals surface area contributed by atoms with Crippen LogP contribution in [0.15, 0.2) is 0 Å². The highest BCUT2D eigenvalue weighted by atomic mass is 16.5. The van der Waals surface area contributed by atoms with Crippen LogP contribution in [-0.2, 0) is 9.47 Å². The molecule has 0 fully saturated rings. The molecule has 0 amide bonds. The normalized spacial score (nSPS) is 12.0. The molecule has 0 spiro atoms. The number of hydrogen-bond donors (Lipinski definition) is 0. The van der Waals surface area contributed by atoms with Crippen LogP contribution >= 0.6 is 0 Å². The van der Waals surface area contributed by atoms with E-state index in [0.29, 0.717) is 13.2 Å². The molecule has 0 aromatic carbocycles. The molecular weight excluding hydrogens is 164 g/mol. The third-order valence-corrected chi connectivity index (χ3v) is 2.59. The molecule has 0 aromatic heterocycles. The number of hydrogen-bond acceptors (Lipinski definition) is 2. The van der Waals surface area contributed by atoms with Crippen molar-refractivity contribution in [2.75, 3.05) is 13.2 Å². The molecule has 76 valence electrons. The maximum atomic E-state index is 5.10. The predicted molar refractivity (Wildman–Crippen MR) is 52.8 cm³/mol. The average Bonchev–Trinajstić information content (AvgIpc) is 2.15. The lowest BCUT2D eigenvalue weighted by molar-refractivity contribution is 0.0227. The highest BCUT2D eigenvalue weighted by Gasteiger charge is 2.27. The van der Waals surface area contributed by atoms with Gasteiger partial charge in [0.15, 0.2) is 0 Å². The van der Waals surface area contributed by atoms with Gasteiger partial charge in [-0.25, -0.2) is 0 Å². The van der Waals surface area contributed by atoms with E-state index in [2.05, 4.69) is 13.8 Å². The van der Waals surface area contributed by atoms with Gasteiger partial charge in [0.1, 0.15) is 14.2 Å². The first-order valence-electron chi connectivity index (χ1n) is 4.88. The van der Waals surface area contributed by atoms with E-state index in [4.69, 9.17) is 23.7 Å². The van der Waals surface area contributed by atoms with Crippen molar-refractivity contribution in [2.45, 2.75) is 39.5 Å². The third kappa shape index (κ3) is 4.63. The fourth-order valence-corrected chi connectivity index (χ4v) is 1.47. The average molecular weight is 184 g/mol. The summed E-state index contributed by atoms with van der Waals surface area (Å²) >= 11 is 0. The monoisotopic (exact) mass is 184 g/mol. The summed E-state index contributed by atoms with van der Waals surface area (Å²) in [5.74, 6) is 0. The first-order chi connectivity index (χ1) is 6.24. The lowest BCUT2D eigenvalue weighted by Gasteiger charge is -2.30. The minimum absolute atomic E-state index is 0.000486. The first kappa shape index (κ1) is 12.9. The smallest absolute Gasteiger partial charge is 0.115 e. The molecule has 0 aromatic rings. The second-order valence-electron chi connectivity index (χ2n) is 3.58. The molecule has 13 heavy (non-hydrogen) atoms. The van der Waals surface area contributed by atoms with Crippen LogP contribution in [0.2, 0.25) is 0 Å². The van der Waals surface area contributed by atoms with Gasteiger partial charge in [-0.15, -0.1) is 0 Å². The van der Waals surface area contributed by atoms with E-state index >= 15 is 0 Å². The van der Waals surface area contributed by atoms with Gasteiger partial charge in [0.25, 0.3) is 0 Å². The summed E-state index contributed by atoms with van der Waals surface area (Å²) in [4.78, 5) is 0. The molecule has 0 saturated carbocycles. The summed E-state index contributed by atoms with van der Waals surface area (Å²) in [5, 5.41) is 0. The van der Waals surface area contributed by atoms with E-state index < -0.39 is 0 Å². The van der Waals surface area contributed by atoms with Crippen molar-refractivity contribution in [3.63, 3.8) is 0 Å². The Bertz CT molecular complexity index is 107. The van der Waals surface area contributed by atoms with Crippen LogP contribution in [0.4, 0.5) is 0 Å². The van der Waals surface area contributed by atoms with Gasteiger partial charge in [-0.05, 0) is 12.8 Å². The zero-order valence-corrected chi connectivity index (χ0v) is 8.71. The summed E-state index contributed by atoms with van der Waals surface area (Å²) in [6.07, 6.45) is 4.34. The predicted octanol–water partition coefficient (Wildman–Crippen LogP) is 2.94. The van der Waals surface area contributed by atoms with E-state index in [1.807, 2.05) is 0 Å². The SMILES string of the molecule is [CH]OCC(CC)(CCCC)CO[CH]. The van der Waals surface area contributed by atoms with Crippen LogP contribution in [0.5, 0.6) is 0 Å². The Morgan fingerprint density at radius 2 is 1.62 bits per heavy atom. The van der Waals surface area contributed by atoms with E-state index in [0.717, 1.165) is 25.7 Å². The number of rotatable bonds is 8. The Morgan fingerprint density at radius 3 is 1.92 bits per heavy atom. The van der Waals surface area contributed by atoms with Crippen molar-refractivity contribution in [1.82, 2.24) is 0 Å². The molecule has 0 aliphatic carbocycles. The summed E-state index contributed by atoms with van der Waals surface area (Å²) in [5.41, 5.74) is -0.000486. The van der Waals surface area contributed by atoms with Gasteiger partial charge in [-0.2, -0.15) is 0 Å². The molecule has 0 N–H and O–H groups in total. The standard InChI is InChI=1S/C11H20O2/c1-5-7-8-11(6-2,9-12-3)10-13-4/h3-4H,5-10H2,1-2H3. The quantitative estimate of drug-likeness (QED) is 0.577. The Morgan fingerprint density at radius 1 is 1.08 bits per heavy atom. The molecule has 0 saturated heterocycles. The first-order valence-corrected chi connectivity index (χ1v) is 4.88. The fourth-order valence-electron chi connectivity index (χ4n) is 1.47. The van der Waals surface area contributed by atoms with Crippen LogP contribution in [-0.4, -0.2) is 13.2 Å². The molecular formula is C11H20O2. The Labute approximate surface area is 82.6 Å². The van der Waals surface area contributed by atoms with Crippen molar-refractivity contribution in [1.29, 1.82) is 0 Å². The highest BCUT2D eigenvalue weighted by Crippen LogP contribution is 2.29. The van der Waals surface area contributed by atoms with Gasteiger partial charge < -0.3 is 9.47 Å². The van der Waals surface area contributed by atoms with Gasteiger partial charge in [0.05, 0.1) is 13.2 Å². The zero-order valence-electron chi connectivity index (χ0n) is 8.71. The molecule has 0 heterocycles. The van der Waals surface area contributed by atoms with Crippen LogP contribution < -0.4 is 0 Å². The molecule has 0 rings (SSSR count). The molecule has 4 radical (unpaired) electrons. The molecule has 0 bridgehead atoms. The van der Waals surface area contributed by atoms with Crippen LogP contribution in [0.1, 0.15) is 39.5 Å².